The van der Waals surface area contributed by atoms with E-state index in [1.54, 1.807) is 0 Å². The Bertz CT molecular complexity index is 653. The van der Waals surface area contributed by atoms with Crippen molar-refractivity contribution in [2.24, 2.45) is 4.99 Å². The number of amides is 1. The summed E-state index contributed by atoms with van der Waals surface area (Å²) in [6.07, 6.45) is -3.63. The highest BCUT2D eigenvalue weighted by molar-refractivity contribution is 14.0. The number of nitrogens with zero attached hydrogens (tertiary/aromatic N) is 1. The van der Waals surface area contributed by atoms with Gasteiger partial charge in [0.05, 0.1) is 12.1 Å². The van der Waals surface area contributed by atoms with Gasteiger partial charge in [-0.3, -0.25) is 4.79 Å². The molecule has 0 fully saturated rings. The van der Waals surface area contributed by atoms with E-state index >= 15 is 0 Å². The molecular formula is C18H27F4IN4O. The average Bonchev–Trinajstić information content (AvgIpc) is 2.59. The largest absolute Gasteiger partial charge is 0.416 e. The second-order valence-electron chi connectivity index (χ2n) is 6.05. The first-order valence-electron chi connectivity index (χ1n) is 8.84. The van der Waals surface area contributed by atoms with Crippen molar-refractivity contribution in [1.82, 2.24) is 16.0 Å². The minimum Gasteiger partial charge on any atom is -0.357 e. The molecule has 1 rings (SSSR count). The van der Waals surface area contributed by atoms with Crippen LogP contribution in [0.2, 0.25) is 0 Å². The number of rotatable bonds is 8. The molecule has 0 saturated carbocycles. The van der Waals surface area contributed by atoms with Crippen LogP contribution in [0, 0.1) is 5.82 Å². The molecule has 0 aliphatic heterocycles. The number of carbonyl (C=O) groups is 1. The lowest BCUT2D eigenvalue weighted by Gasteiger charge is -2.15. The molecule has 0 aliphatic rings. The van der Waals surface area contributed by atoms with Gasteiger partial charge in [-0.2, -0.15) is 13.2 Å². The van der Waals surface area contributed by atoms with Gasteiger partial charge in [0.1, 0.15) is 5.82 Å². The van der Waals surface area contributed by atoms with E-state index in [4.69, 9.17) is 0 Å². The summed E-state index contributed by atoms with van der Waals surface area (Å²) >= 11 is 0. The third kappa shape index (κ3) is 9.56. The van der Waals surface area contributed by atoms with Crippen LogP contribution in [0.1, 0.15) is 44.7 Å². The van der Waals surface area contributed by atoms with E-state index in [-0.39, 0.29) is 67.0 Å². The van der Waals surface area contributed by atoms with Gasteiger partial charge in [0.25, 0.3) is 0 Å². The van der Waals surface area contributed by atoms with Gasteiger partial charge in [0.15, 0.2) is 5.96 Å². The van der Waals surface area contributed by atoms with Crippen LogP contribution < -0.4 is 16.0 Å². The first kappa shape index (κ1) is 26.4. The Kier molecular flexibility index (Phi) is 12.1. The van der Waals surface area contributed by atoms with E-state index in [9.17, 15) is 22.4 Å². The number of hydrogen-bond donors (Lipinski definition) is 3. The SMILES string of the molecule is CCNC(=NCc1ccc(F)cc1C(F)(F)F)NCCC(=O)NC(C)CC.I. The molecule has 0 aliphatic carbocycles. The Morgan fingerprint density at radius 3 is 2.46 bits per heavy atom. The quantitative estimate of drug-likeness (QED) is 0.212. The third-order valence-electron chi connectivity index (χ3n) is 3.79. The second kappa shape index (κ2) is 12.8. The fourth-order valence-electron chi connectivity index (χ4n) is 2.20. The maximum absolute atomic E-state index is 13.2. The minimum absolute atomic E-state index is 0. The summed E-state index contributed by atoms with van der Waals surface area (Å²) in [5.74, 6) is -0.788. The molecule has 0 aromatic heterocycles. The molecule has 160 valence electrons. The highest BCUT2D eigenvalue weighted by Gasteiger charge is 2.33. The summed E-state index contributed by atoms with van der Waals surface area (Å²) in [5.41, 5.74) is -1.18. The fourth-order valence-corrected chi connectivity index (χ4v) is 2.20. The standard InChI is InChI=1S/C18H26F4N4O.HI/c1-4-12(3)26-16(27)8-9-24-17(23-5-2)25-11-13-6-7-14(19)10-15(13)18(20,21)22;/h6-7,10,12H,4-5,8-9,11H2,1-3H3,(H,26,27)(H2,23,24,25);1H. The molecule has 10 heteroatoms. The van der Waals surface area contributed by atoms with Crippen molar-refractivity contribution in [3.8, 4) is 0 Å². The molecule has 0 spiro atoms. The number of guanidine groups is 1. The molecule has 0 saturated heterocycles. The molecule has 28 heavy (non-hydrogen) atoms. The number of alkyl halides is 3. The fraction of sp³-hybridized carbons (Fsp3) is 0.556. The zero-order valence-electron chi connectivity index (χ0n) is 16.1. The zero-order valence-corrected chi connectivity index (χ0v) is 18.5. The van der Waals surface area contributed by atoms with Gasteiger partial charge < -0.3 is 16.0 Å². The van der Waals surface area contributed by atoms with Gasteiger partial charge in [0.2, 0.25) is 5.91 Å². The van der Waals surface area contributed by atoms with Crippen LogP contribution in [-0.4, -0.2) is 31.0 Å². The van der Waals surface area contributed by atoms with Crippen LogP contribution in [0.3, 0.4) is 0 Å². The van der Waals surface area contributed by atoms with E-state index in [1.807, 2.05) is 20.8 Å². The predicted octanol–water partition coefficient (Wildman–Crippen LogP) is 3.82. The Morgan fingerprint density at radius 2 is 1.89 bits per heavy atom. The molecular weight excluding hydrogens is 491 g/mol. The molecule has 0 bridgehead atoms. The summed E-state index contributed by atoms with van der Waals surface area (Å²) < 4.78 is 52.3. The molecule has 5 nitrogen and oxygen atoms in total. The molecule has 1 aromatic rings. The summed E-state index contributed by atoms with van der Waals surface area (Å²) in [7, 11) is 0. The first-order chi connectivity index (χ1) is 12.7. The summed E-state index contributed by atoms with van der Waals surface area (Å²) in [6.45, 7) is 6.18. The van der Waals surface area contributed by atoms with Gasteiger partial charge in [-0.05, 0) is 38.0 Å². The van der Waals surface area contributed by atoms with Crippen LogP contribution >= 0.6 is 24.0 Å². The van der Waals surface area contributed by atoms with Crippen molar-refractivity contribution in [2.75, 3.05) is 13.1 Å². The smallest absolute Gasteiger partial charge is 0.357 e. The van der Waals surface area contributed by atoms with Crippen molar-refractivity contribution in [3.05, 3.63) is 35.1 Å². The second-order valence-corrected chi connectivity index (χ2v) is 6.05. The summed E-state index contributed by atoms with van der Waals surface area (Å²) in [4.78, 5) is 15.8. The molecule has 1 aromatic carbocycles. The lowest BCUT2D eigenvalue weighted by molar-refractivity contribution is -0.138. The van der Waals surface area contributed by atoms with Gasteiger partial charge in [-0.15, -0.1) is 24.0 Å². The number of nitrogens with one attached hydrogen (secondary N) is 3. The van der Waals surface area contributed by atoms with Gasteiger partial charge in [-0.1, -0.05) is 13.0 Å². The molecule has 0 radical (unpaired) electrons. The van der Waals surface area contributed by atoms with Crippen LogP contribution in [0.4, 0.5) is 17.6 Å². The Morgan fingerprint density at radius 1 is 1.21 bits per heavy atom. The third-order valence-corrected chi connectivity index (χ3v) is 3.79. The first-order valence-corrected chi connectivity index (χ1v) is 8.84. The molecule has 1 amide bonds. The van der Waals surface area contributed by atoms with Crippen molar-refractivity contribution in [2.45, 2.75) is 52.4 Å². The van der Waals surface area contributed by atoms with Crippen molar-refractivity contribution in [1.29, 1.82) is 0 Å². The Labute approximate surface area is 179 Å². The summed E-state index contributed by atoms with van der Waals surface area (Å²) in [5, 5.41) is 8.63. The molecule has 1 atom stereocenters. The zero-order chi connectivity index (χ0) is 20.4. The highest BCUT2D eigenvalue weighted by Crippen LogP contribution is 2.32. The van der Waals surface area contributed by atoms with Crippen LogP contribution in [0.15, 0.2) is 23.2 Å². The lowest BCUT2D eigenvalue weighted by atomic mass is 10.1. The van der Waals surface area contributed by atoms with E-state index in [2.05, 4.69) is 20.9 Å². The Hall–Kier alpha value is -1.59. The lowest BCUT2D eigenvalue weighted by Crippen LogP contribution is -2.40. The number of carbonyl (C=O) groups excluding carboxylic acids is 1. The number of hydrogen-bond acceptors (Lipinski definition) is 2. The predicted molar refractivity (Wildman–Crippen MR) is 112 cm³/mol. The van der Waals surface area contributed by atoms with Crippen LogP contribution in [-0.2, 0) is 17.5 Å². The maximum atomic E-state index is 13.2. The molecule has 1 unspecified atom stereocenters. The van der Waals surface area contributed by atoms with Crippen LogP contribution in [0.5, 0.6) is 0 Å². The van der Waals surface area contributed by atoms with Crippen molar-refractivity contribution >= 4 is 35.8 Å². The highest BCUT2D eigenvalue weighted by atomic mass is 127. The van der Waals surface area contributed by atoms with Crippen LogP contribution in [0.25, 0.3) is 0 Å². The van der Waals surface area contributed by atoms with E-state index < -0.39 is 17.6 Å². The topological polar surface area (TPSA) is 65.5 Å². The maximum Gasteiger partial charge on any atom is 0.416 e. The average molecular weight is 518 g/mol. The van der Waals surface area contributed by atoms with E-state index in [1.165, 1.54) is 0 Å². The Balaban J connectivity index is 0.00000729. The minimum atomic E-state index is -4.66. The number of aliphatic imine (C=N–C) groups is 1. The van der Waals surface area contributed by atoms with Crippen molar-refractivity contribution in [3.63, 3.8) is 0 Å². The molecule has 3 N–H and O–H groups in total. The number of benzene rings is 1. The monoisotopic (exact) mass is 518 g/mol. The number of halogens is 5. The summed E-state index contributed by atoms with van der Waals surface area (Å²) in [6, 6.07) is 2.59. The molecule has 0 heterocycles. The normalized spacial score (nSPS) is 12.8. The van der Waals surface area contributed by atoms with E-state index in [0.29, 0.717) is 12.6 Å². The van der Waals surface area contributed by atoms with E-state index in [0.717, 1.165) is 18.6 Å². The van der Waals surface area contributed by atoms with Crippen molar-refractivity contribution < 1.29 is 22.4 Å². The van der Waals surface area contributed by atoms with Gasteiger partial charge >= 0.3 is 6.18 Å². The van der Waals surface area contributed by atoms with Gasteiger partial charge in [0, 0.05) is 25.6 Å². The van der Waals surface area contributed by atoms with Gasteiger partial charge in [-0.25, -0.2) is 9.38 Å².